The second kappa shape index (κ2) is 5.34. The SMILES string of the molecule is CCO[C@H]1CN(c2ncccc2C(F)(F)F)C[C@@H]1O. The first-order valence-electron chi connectivity index (χ1n) is 6.00. The summed E-state index contributed by atoms with van der Waals surface area (Å²) in [7, 11) is 0. The van der Waals surface area contributed by atoms with Crippen LogP contribution in [0.2, 0.25) is 0 Å². The van der Waals surface area contributed by atoms with Crippen molar-refractivity contribution in [1.82, 2.24) is 4.98 Å². The van der Waals surface area contributed by atoms with Crippen molar-refractivity contribution in [3.63, 3.8) is 0 Å². The lowest BCUT2D eigenvalue weighted by Crippen LogP contribution is -2.27. The monoisotopic (exact) mass is 276 g/mol. The van der Waals surface area contributed by atoms with Crippen molar-refractivity contribution in [2.75, 3.05) is 24.6 Å². The van der Waals surface area contributed by atoms with Crippen LogP contribution in [-0.2, 0) is 10.9 Å². The summed E-state index contributed by atoms with van der Waals surface area (Å²) in [6.45, 7) is 2.47. The number of β-amino-alcohol motifs (C(OH)–C–C–N with tert-alkyl or cyclic N) is 1. The van der Waals surface area contributed by atoms with Crippen LogP contribution in [0.4, 0.5) is 19.0 Å². The molecular formula is C12H15F3N2O2. The van der Waals surface area contributed by atoms with Crippen LogP contribution < -0.4 is 4.90 Å². The molecule has 0 aliphatic carbocycles. The largest absolute Gasteiger partial charge is 0.419 e. The second-order valence-electron chi connectivity index (χ2n) is 4.34. The maximum absolute atomic E-state index is 12.9. The number of hydrogen-bond acceptors (Lipinski definition) is 4. The van der Waals surface area contributed by atoms with E-state index in [1.807, 2.05) is 0 Å². The minimum absolute atomic E-state index is 0.0881. The maximum Gasteiger partial charge on any atom is 0.419 e. The number of pyridine rings is 1. The number of nitrogens with zero attached hydrogens (tertiary/aromatic N) is 2. The summed E-state index contributed by atoms with van der Waals surface area (Å²) in [5.74, 6) is -0.156. The number of rotatable bonds is 3. The summed E-state index contributed by atoms with van der Waals surface area (Å²) in [6, 6.07) is 2.24. The first-order chi connectivity index (χ1) is 8.93. The first-order valence-corrected chi connectivity index (χ1v) is 6.00. The molecule has 1 saturated heterocycles. The van der Waals surface area contributed by atoms with Crippen LogP contribution in [0.15, 0.2) is 18.3 Å². The third kappa shape index (κ3) is 2.98. The van der Waals surface area contributed by atoms with Gasteiger partial charge < -0.3 is 14.7 Å². The molecule has 1 aromatic rings. The zero-order valence-corrected chi connectivity index (χ0v) is 10.4. The van der Waals surface area contributed by atoms with Crippen LogP contribution in [-0.4, -0.2) is 42.0 Å². The fourth-order valence-electron chi connectivity index (χ4n) is 2.18. The van der Waals surface area contributed by atoms with E-state index in [1.54, 1.807) is 6.92 Å². The van der Waals surface area contributed by atoms with Gasteiger partial charge >= 0.3 is 6.18 Å². The molecule has 0 bridgehead atoms. The highest BCUT2D eigenvalue weighted by molar-refractivity contribution is 5.49. The van der Waals surface area contributed by atoms with Gasteiger partial charge in [-0.05, 0) is 19.1 Å². The van der Waals surface area contributed by atoms with Gasteiger partial charge in [-0.15, -0.1) is 0 Å². The molecular weight excluding hydrogens is 261 g/mol. The van der Waals surface area contributed by atoms with Gasteiger partial charge in [0.05, 0.1) is 11.7 Å². The average molecular weight is 276 g/mol. The van der Waals surface area contributed by atoms with Crippen molar-refractivity contribution in [2.24, 2.45) is 0 Å². The molecule has 1 fully saturated rings. The van der Waals surface area contributed by atoms with Crippen LogP contribution in [0.1, 0.15) is 12.5 Å². The van der Waals surface area contributed by atoms with Crippen molar-refractivity contribution in [2.45, 2.75) is 25.3 Å². The van der Waals surface area contributed by atoms with Gasteiger partial charge in [-0.1, -0.05) is 0 Å². The summed E-state index contributed by atoms with van der Waals surface area (Å²) < 4.78 is 43.9. The van der Waals surface area contributed by atoms with Crippen LogP contribution in [0, 0.1) is 0 Å². The number of aliphatic hydroxyl groups excluding tert-OH is 1. The fraction of sp³-hybridized carbons (Fsp3) is 0.583. The standard InChI is InChI=1S/C12H15F3N2O2/c1-2-19-10-7-17(6-9(10)18)11-8(12(13,14)15)4-3-5-16-11/h3-5,9-10,18H,2,6-7H2,1H3/t9-,10-/m0/s1. The van der Waals surface area contributed by atoms with Crippen LogP contribution >= 0.6 is 0 Å². The Balaban J connectivity index is 2.24. The van der Waals surface area contributed by atoms with Gasteiger partial charge in [0.2, 0.25) is 0 Å². The third-order valence-electron chi connectivity index (χ3n) is 3.01. The number of hydrogen-bond donors (Lipinski definition) is 1. The van der Waals surface area contributed by atoms with E-state index >= 15 is 0 Å². The maximum atomic E-state index is 12.9. The number of anilines is 1. The lowest BCUT2D eigenvalue weighted by Gasteiger charge is -2.21. The van der Waals surface area contributed by atoms with Crippen LogP contribution in [0.25, 0.3) is 0 Å². The molecule has 0 aromatic carbocycles. The Bertz CT molecular complexity index is 439. The Morgan fingerprint density at radius 2 is 2.21 bits per heavy atom. The van der Waals surface area contributed by atoms with E-state index in [2.05, 4.69) is 4.98 Å². The van der Waals surface area contributed by atoms with E-state index < -0.39 is 23.9 Å². The highest BCUT2D eigenvalue weighted by Crippen LogP contribution is 2.36. The van der Waals surface area contributed by atoms with Crippen molar-refractivity contribution < 1.29 is 23.0 Å². The molecule has 0 unspecified atom stereocenters. The molecule has 7 heteroatoms. The number of aromatic nitrogens is 1. The Morgan fingerprint density at radius 1 is 1.47 bits per heavy atom. The zero-order valence-electron chi connectivity index (χ0n) is 10.4. The Hall–Kier alpha value is -1.34. The molecule has 2 atom stereocenters. The van der Waals surface area contributed by atoms with Crippen molar-refractivity contribution >= 4 is 5.82 Å². The second-order valence-corrected chi connectivity index (χ2v) is 4.34. The summed E-state index contributed by atoms with van der Waals surface area (Å²) >= 11 is 0. The van der Waals surface area contributed by atoms with Crippen molar-refractivity contribution in [3.8, 4) is 0 Å². The van der Waals surface area contributed by atoms with E-state index in [4.69, 9.17) is 4.74 Å². The lowest BCUT2D eigenvalue weighted by molar-refractivity contribution is -0.137. The molecule has 1 aliphatic rings. The van der Waals surface area contributed by atoms with Gasteiger partial charge in [0.1, 0.15) is 11.9 Å². The van der Waals surface area contributed by atoms with Crippen LogP contribution in [0.5, 0.6) is 0 Å². The lowest BCUT2D eigenvalue weighted by atomic mass is 10.2. The van der Waals surface area contributed by atoms with Gasteiger partial charge in [0.15, 0.2) is 0 Å². The normalized spacial score (nSPS) is 23.9. The van der Waals surface area contributed by atoms with Crippen molar-refractivity contribution in [1.29, 1.82) is 0 Å². The molecule has 0 saturated carbocycles. The molecule has 0 amide bonds. The quantitative estimate of drug-likeness (QED) is 0.912. The summed E-state index contributed by atoms with van der Waals surface area (Å²) in [5, 5.41) is 9.77. The number of alkyl halides is 3. The van der Waals surface area contributed by atoms with E-state index in [-0.39, 0.29) is 18.9 Å². The van der Waals surface area contributed by atoms with Crippen LogP contribution in [0.3, 0.4) is 0 Å². The third-order valence-corrected chi connectivity index (χ3v) is 3.01. The van der Waals surface area contributed by atoms with Crippen molar-refractivity contribution in [3.05, 3.63) is 23.9 Å². The smallest absolute Gasteiger partial charge is 0.388 e. The molecule has 1 aromatic heterocycles. The van der Waals surface area contributed by atoms with Gasteiger partial charge in [-0.2, -0.15) is 13.2 Å². The predicted octanol–water partition coefficient (Wildman–Crippen LogP) is 1.69. The molecule has 19 heavy (non-hydrogen) atoms. The molecule has 4 nitrogen and oxygen atoms in total. The van der Waals surface area contributed by atoms with Gasteiger partial charge in [0.25, 0.3) is 0 Å². The average Bonchev–Trinajstić information content (AvgIpc) is 2.70. The van der Waals surface area contributed by atoms with Gasteiger partial charge in [-0.25, -0.2) is 4.98 Å². The highest BCUT2D eigenvalue weighted by atomic mass is 19.4. The van der Waals surface area contributed by atoms with Gasteiger partial charge in [0, 0.05) is 25.9 Å². The predicted molar refractivity (Wildman–Crippen MR) is 62.9 cm³/mol. The minimum Gasteiger partial charge on any atom is -0.388 e. The molecule has 1 aliphatic heterocycles. The van der Waals surface area contributed by atoms with E-state index in [1.165, 1.54) is 17.2 Å². The van der Waals surface area contributed by atoms with E-state index in [0.717, 1.165) is 6.07 Å². The Labute approximate surface area is 108 Å². The van der Waals surface area contributed by atoms with E-state index in [0.29, 0.717) is 6.61 Å². The van der Waals surface area contributed by atoms with Gasteiger partial charge in [-0.3, -0.25) is 0 Å². The Kier molecular flexibility index (Phi) is 3.96. The number of ether oxygens (including phenoxy) is 1. The summed E-state index contributed by atoms with van der Waals surface area (Å²) in [5.41, 5.74) is -0.792. The molecule has 2 heterocycles. The molecule has 106 valence electrons. The molecule has 2 rings (SSSR count). The highest BCUT2D eigenvalue weighted by Gasteiger charge is 2.39. The molecule has 0 radical (unpaired) electrons. The number of aliphatic hydroxyl groups is 1. The summed E-state index contributed by atoms with van der Waals surface area (Å²) in [6.07, 6.45) is -4.43. The van der Waals surface area contributed by atoms with E-state index in [9.17, 15) is 18.3 Å². The first kappa shape index (κ1) is 14.1. The Morgan fingerprint density at radius 3 is 2.84 bits per heavy atom. The fourth-order valence-corrected chi connectivity index (χ4v) is 2.18. The zero-order chi connectivity index (χ0) is 14.0. The summed E-state index contributed by atoms with van der Waals surface area (Å²) in [4.78, 5) is 5.21. The molecule has 1 N–H and O–H groups in total. The molecule has 0 spiro atoms. The topological polar surface area (TPSA) is 45.6 Å². The minimum atomic E-state index is -4.46. The number of halogens is 3.